The maximum absolute atomic E-state index is 14.1. The Hall–Kier alpha value is -2.79. The molecule has 3 aliphatic rings. The fraction of sp³-hybridized carbons (Fsp3) is 0.600. The second-order valence-electron chi connectivity index (χ2n) is 14.9. The van der Waals surface area contributed by atoms with Gasteiger partial charge in [-0.1, -0.05) is 63.2 Å². The molecule has 1 spiro atoms. The van der Waals surface area contributed by atoms with Crippen LogP contribution in [0.4, 0.5) is 4.79 Å². The standard InChI is InChI=1S/C35H50N4O5S/c1-25(2)39-33(42)38(21-26-12-14-29(15-13-26)45(6,43)44)32(41)35(39)16-18-36(19-17-35)22-28-23-37(31(40)20-34(3,4)5)24-30(28)27-10-8-7-9-11-27/h7-15,25,28,30-31,40H,16-24H2,1-6H3/t28-,30+,31?/m0/s1. The number of piperidine rings is 1. The number of sulfone groups is 1. The molecule has 1 unspecified atom stereocenters. The Morgan fingerprint density at radius 3 is 2.13 bits per heavy atom. The van der Waals surface area contributed by atoms with E-state index < -0.39 is 21.6 Å². The van der Waals surface area contributed by atoms with E-state index in [1.807, 2.05) is 19.9 Å². The summed E-state index contributed by atoms with van der Waals surface area (Å²) in [5.74, 6) is 0.486. The Labute approximate surface area is 269 Å². The van der Waals surface area contributed by atoms with Crippen molar-refractivity contribution in [3.8, 4) is 0 Å². The first-order valence-electron chi connectivity index (χ1n) is 16.2. The minimum absolute atomic E-state index is 0.0297. The SMILES string of the molecule is CC(C)N1C(=O)N(Cc2ccc(S(C)(=O)=O)cc2)C(=O)C12CCN(C[C@H]1CN(C(O)CC(C)(C)C)C[C@@H]1c1ccccc1)CC2. The van der Waals surface area contributed by atoms with Crippen molar-refractivity contribution in [2.45, 2.75) is 89.0 Å². The Balaban J connectivity index is 1.29. The van der Waals surface area contributed by atoms with Crippen LogP contribution in [0.2, 0.25) is 0 Å². The summed E-state index contributed by atoms with van der Waals surface area (Å²) >= 11 is 0. The molecule has 3 fully saturated rings. The van der Waals surface area contributed by atoms with Crippen LogP contribution in [0.5, 0.6) is 0 Å². The minimum atomic E-state index is -3.33. The molecule has 3 saturated heterocycles. The third-order valence-corrected chi connectivity index (χ3v) is 11.0. The summed E-state index contributed by atoms with van der Waals surface area (Å²) in [4.78, 5) is 35.8. The van der Waals surface area contributed by atoms with Crippen LogP contribution in [0.3, 0.4) is 0 Å². The number of rotatable bonds is 9. The average molecular weight is 639 g/mol. The summed E-state index contributed by atoms with van der Waals surface area (Å²) in [6, 6.07) is 16.6. The zero-order chi connectivity index (χ0) is 32.7. The predicted octanol–water partition coefficient (Wildman–Crippen LogP) is 4.57. The summed E-state index contributed by atoms with van der Waals surface area (Å²) in [6.45, 7) is 14.4. The monoisotopic (exact) mass is 638 g/mol. The van der Waals surface area contributed by atoms with Gasteiger partial charge in [-0.15, -0.1) is 0 Å². The van der Waals surface area contributed by atoms with Crippen molar-refractivity contribution in [3.05, 3.63) is 65.7 Å². The van der Waals surface area contributed by atoms with E-state index in [4.69, 9.17) is 0 Å². The zero-order valence-electron chi connectivity index (χ0n) is 27.6. The molecule has 3 aliphatic heterocycles. The van der Waals surface area contributed by atoms with Gasteiger partial charge >= 0.3 is 6.03 Å². The van der Waals surface area contributed by atoms with E-state index in [1.54, 1.807) is 17.0 Å². The van der Waals surface area contributed by atoms with Crippen molar-refractivity contribution in [2.24, 2.45) is 11.3 Å². The largest absolute Gasteiger partial charge is 0.378 e. The summed E-state index contributed by atoms with van der Waals surface area (Å²) < 4.78 is 23.8. The number of carbonyl (C=O) groups excluding carboxylic acids is 2. The van der Waals surface area contributed by atoms with Gasteiger partial charge in [-0.2, -0.15) is 0 Å². The first-order chi connectivity index (χ1) is 21.1. The lowest BCUT2D eigenvalue weighted by atomic mass is 9.83. The van der Waals surface area contributed by atoms with E-state index in [0.29, 0.717) is 49.8 Å². The van der Waals surface area contributed by atoms with Gasteiger partial charge in [0.1, 0.15) is 11.8 Å². The molecule has 3 amide bonds. The highest BCUT2D eigenvalue weighted by Crippen LogP contribution is 2.41. The van der Waals surface area contributed by atoms with Crippen LogP contribution in [0.15, 0.2) is 59.5 Å². The zero-order valence-corrected chi connectivity index (χ0v) is 28.5. The number of aliphatic hydroxyl groups excluding tert-OH is 1. The number of hydrogen-bond donors (Lipinski definition) is 1. The molecule has 9 nitrogen and oxygen atoms in total. The van der Waals surface area contributed by atoms with Gasteiger partial charge in [0.15, 0.2) is 9.84 Å². The van der Waals surface area contributed by atoms with E-state index in [9.17, 15) is 23.1 Å². The first-order valence-corrected chi connectivity index (χ1v) is 18.1. The number of aliphatic hydroxyl groups is 1. The smallest absolute Gasteiger partial charge is 0.328 e. The molecule has 0 radical (unpaired) electrons. The summed E-state index contributed by atoms with van der Waals surface area (Å²) in [5.41, 5.74) is 1.16. The van der Waals surface area contributed by atoms with Crippen LogP contribution >= 0.6 is 0 Å². The average Bonchev–Trinajstić information content (AvgIpc) is 3.47. The highest BCUT2D eigenvalue weighted by atomic mass is 32.2. The maximum Gasteiger partial charge on any atom is 0.328 e. The van der Waals surface area contributed by atoms with Crippen LogP contribution in [0, 0.1) is 11.3 Å². The second kappa shape index (κ2) is 12.8. The van der Waals surface area contributed by atoms with E-state index >= 15 is 0 Å². The van der Waals surface area contributed by atoms with Gasteiger partial charge in [-0.05, 0) is 67.7 Å². The lowest BCUT2D eigenvalue weighted by Gasteiger charge is -2.44. The molecule has 246 valence electrons. The van der Waals surface area contributed by atoms with E-state index in [0.717, 1.165) is 25.9 Å². The third kappa shape index (κ3) is 7.14. The molecule has 45 heavy (non-hydrogen) atoms. The number of benzene rings is 2. The molecule has 1 N–H and O–H groups in total. The van der Waals surface area contributed by atoms with Crippen molar-refractivity contribution in [3.63, 3.8) is 0 Å². The number of nitrogens with zero attached hydrogens (tertiary/aromatic N) is 4. The normalized spacial score (nSPS) is 23.9. The summed E-state index contributed by atoms with van der Waals surface area (Å²) in [7, 11) is -3.33. The Bertz CT molecular complexity index is 1460. The predicted molar refractivity (Wildman–Crippen MR) is 175 cm³/mol. The Kier molecular flexibility index (Phi) is 9.53. The van der Waals surface area contributed by atoms with E-state index in [2.05, 4.69) is 54.8 Å². The molecular formula is C35H50N4O5S. The molecular weight excluding hydrogens is 588 g/mol. The molecule has 5 rings (SSSR count). The van der Waals surface area contributed by atoms with Crippen molar-refractivity contribution in [2.75, 3.05) is 39.0 Å². The minimum Gasteiger partial charge on any atom is -0.378 e. The Morgan fingerprint density at radius 2 is 1.58 bits per heavy atom. The van der Waals surface area contributed by atoms with Gasteiger partial charge in [0.05, 0.1) is 11.4 Å². The highest BCUT2D eigenvalue weighted by molar-refractivity contribution is 7.90. The Morgan fingerprint density at radius 1 is 0.956 bits per heavy atom. The summed E-state index contributed by atoms with van der Waals surface area (Å²) in [5, 5.41) is 11.1. The molecule has 0 bridgehead atoms. The number of amides is 3. The number of carbonyl (C=O) groups is 2. The fourth-order valence-electron chi connectivity index (χ4n) is 7.61. The van der Waals surface area contributed by atoms with E-state index in [1.165, 1.54) is 22.6 Å². The van der Waals surface area contributed by atoms with Gasteiger partial charge in [-0.3, -0.25) is 14.6 Å². The lowest BCUT2D eigenvalue weighted by Crippen LogP contribution is -2.58. The van der Waals surface area contributed by atoms with Crippen LogP contribution in [0.25, 0.3) is 0 Å². The van der Waals surface area contributed by atoms with Crippen molar-refractivity contribution >= 4 is 21.8 Å². The van der Waals surface area contributed by atoms with Gasteiger partial charge in [-0.25, -0.2) is 13.2 Å². The molecule has 10 heteroatoms. The van der Waals surface area contributed by atoms with Crippen molar-refractivity contribution in [1.29, 1.82) is 0 Å². The van der Waals surface area contributed by atoms with E-state index in [-0.39, 0.29) is 34.8 Å². The second-order valence-corrected chi connectivity index (χ2v) is 16.9. The molecule has 3 heterocycles. The molecule has 0 aromatic heterocycles. The van der Waals surface area contributed by atoms with Gasteiger partial charge in [0, 0.05) is 50.9 Å². The van der Waals surface area contributed by atoms with Crippen LogP contribution < -0.4 is 0 Å². The number of imide groups is 1. The number of urea groups is 1. The molecule has 0 saturated carbocycles. The number of hydrogen-bond acceptors (Lipinski definition) is 7. The third-order valence-electron chi connectivity index (χ3n) is 9.84. The molecule has 2 aromatic rings. The fourth-order valence-corrected chi connectivity index (χ4v) is 8.24. The molecule has 3 atom stereocenters. The maximum atomic E-state index is 14.1. The van der Waals surface area contributed by atoms with Crippen LogP contribution in [-0.4, -0.2) is 102 Å². The highest BCUT2D eigenvalue weighted by Gasteiger charge is 2.58. The quantitative estimate of drug-likeness (QED) is 0.402. The van der Waals surface area contributed by atoms with Crippen LogP contribution in [0.1, 0.15) is 70.9 Å². The number of likely N-dealkylation sites (tertiary alicyclic amines) is 2. The van der Waals surface area contributed by atoms with Crippen molar-refractivity contribution in [1.82, 2.24) is 19.6 Å². The summed E-state index contributed by atoms with van der Waals surface area (Å²) in [6.07, 6.45) is 2.53. The molecule has 2 aromatic carbocycles. The topological polar surface area (TPSA) is 101 Å². The van der Waals surface area contributed by atoms with Crippen molar-refractivity contribution < 1.29 is 23.1 Å². The van der Waals surface area contributed by atoms with Gasteiger partial charge in [0.25, 0.3) is 5.91 Å². The van der Waals surface area contributed by atoms with Gasteiger partial charge < -0.3 is 14.9 Å². The van der Waals surface area contributed by atoms with Gasteiger partial charge in [0.2, 0.25) is 0 Å². The van der Waals surface area contributed by atoms with Crippen LogP contribution in [-0.2, 0) is 21.2 Å². The lowest BCUT2D eigenvalue weighted by molar-refractivity contribution is -0.136. The molecule has 0 aliphatic carbocycles. The first kappa shape index (κ1) is 33.6.